The Morgan fingerprint density at radius 2 is 1.96 bits per heavy atom. The second kappa shape index (κ2) is 9.70. The zero-order valence-electron chi connectivity index (χ0n) is 13.7. The van der Waals surface area contributed by atoms with Crippen molar-refractivity contribution >= 4 is 28.9 Å². The average Bonchev–Trinajstić information content (AvgIpc) is 3.01. The molecule has 0 spiro atoms. The first-order chi connectivity index (χ1) is 12.0. The van der Waals surface area contributed by atoms with Crippen molar-refractivity contribution in [1.29, 1.82) is 0 Å². The molecule has 0 radical (unpaired) electrons. The van der Waals surface area contributed by atoms with Gasteiger partial charge >= 0.3 is 0 Å². The molecule has 4 nitrogen and oxygen atoms in total. The van der Waals surface area contributed by atoms with Crippen LogP contribution in [0.1, 0.15) is 23.5 Å². The third-order valence-corrected chi connectivity index (χ3v) is 4.75. The van der Waals surface area contributed by atoms with Crippen LogP contribution in [0.5, 0.6) is 0 Å². The number of hydrogen-bond donors (Lipinski definition) is 3. The van der Waals surface area contributed by atoms with Gasteiger partial charge in [0, 0.05) is 23.5 Å². The molecule has 1 aromatic heterocycles. The lowest BCUT2D eigenvalue weighted by Gasteiger charge is -2.13. The highest BCUT2D eigenvalue weighted by molar-refractivity contribution is 7.16. The average molecular weight is 388 g/mol. The lowest BCUT2D eigenvalue weighted by molar-refractivity contribution is 0.191. The topological polar surface area (TPSA) is 56.7 Å². The molecule has 0 fully saturated rings. The van der Waals surface area contributed by atoms with Crippen LogP contribution < -0.4 is 10.6 Å². The van der Waals surface area contributed by atoms with E-state index in [0.29, 0.717) is 23.4 Å². The predicted octanol–water partition coefficient (Wildman–Crippen LogP) is 3.51. The summed E-state index contributed by atoms with van der Waals surface area (Å²) in [5.74, 6) is -0.650. The van der Waals surface area contributed by atoms with Crippen LogP contribution in [0.15, 0.2) is 35.3 Å². The molecule has 2 rings (SSSR count). The van der Waals surface area contributed by atoms with Crippen LogP contribution in [-0.2, 0) is 6.42 Å². The fourth-order valence-electron chi connectivity index (χ4n) is 2.19. The van der Waals surface area contributed by atoms with Crippen molar-refractivity contribution in [2.45, 2.75) is 19.4 Å². The SMILES string of the molecule is CCNC(=NCC(O)c1ccc(Cl)s1)NCCc1c(F)cccc1F. The van der Waals surface area contributed by atoms with Gasteiger partial charge in [-0.1, -0.05) is 17.7 Å². The van der Waals surface area contributed by atoms with Crippen LogP contribution in [-0.4, -0.2) is 30.7 Å². The summed E-state index contributed by atoms with van der Waals surface area (Å²) in [4.78, 5) is 5.03. The molecule has 1 unspecified atom stereocenters. The molecule has 0 bridgehead atoms. The number of thiophene rings is 1. The summed E-state index contributed by atoms with van der Waals surface area (Å²) >= 11 is 7.16. The van der Waals surface area contributed by atoms with E-state index >= 15 is 0 Å². The Morgan fingerprint density at radius 1 is 1.24 bits per heavy atom. The Labute approximate surface area is 154 Å². The van der Waals surface area contributed by atoms with Gasteiger partial charge in [0.1, 0.15) is 17.7 Å². The number of aliphatic hydroxyl groups excluding tert-OH is 1. The van der Waals surface area contributed by atoms with Gasteiger partial charge in [0.15, 0.2) is 5.96 Å². The second-order valence-corrected chi connectivity index (χ2v) is 7.00. The standard InChI is InChI=1S/C17H20ClF2N3OS/c1-2-21-17(23-10-14(24)15-6-7-16(18)25-15)22-9-8-11-12(19)4-3-5-13(11)20/h3-7,14,24H,2,8-10H2,1H3,(H2,21,22,23). The Hall–Kier alpha value is -1.70. The number of nitrogens with zero attached hydrogens (tertiary/aromatic N) is 1. The Morgan fingerprint density at radius 3 is 2.56 bits per heavy atom. The van der Waals surface area contributed by atoms with Crippen molar-refractivity contribution in [3.63, 3.8) is 0 Å². The lowest BCUT2D eigenvalue weighted by atomic mass is 10.1. The van der Waals surface area contributed by atoms with E-state index in [1.54, 1.807) is 12.1 Å². The summed E-state index contributed by atoms with van der Waals surface area (Å²) in [5.41, 5.74) is 0.0408. The van der Waals surface area contributed by atoms with Crippen LogP contribution >= 0.6 is 22.9 Å². The summed E-state index contributed by atoms with van der Waals surface area (Å²) in [5, 5.41) is 16.2. The van der Waals surface area contributed by atoms with Crippen molar-refractivity contribution in [1.82, 2.24) is 10.6 Å². The highest BCUT2D eigenvalue weighted by Gasteiger charge is 2.11. The molecule has 2 aromatic rings. The predicted molar refractivity (Wildman–Crippen MR) is 98.3 cm³/mol. The van der Waals surface area contributed by atoms with Crippen LogP contribution in [0, 0.1) is 11.6 Å². The molecule has 1 aromatic carbocycles. The fourth-order valence-corrected chi connectivity index (χ4v) is 3.23. The summed E-state index contributed by atoms with van der Waals surface area (Å²) in [6.07, 6.45) is -0.566. The molecular formula is C17H20ClF2N3OS. The highest BCUT2D eigenvalue weighted by Crippen LogP contribution is 2.26. The van der Waals surface area contributed by atoms with E-state index in [4.69, 9.17) is 11.6 Å². The summed E-state index contributed by atoms with van der Waals surface area (Å²) < 4.78 is 27.8. The van der Waals surface area contributed by atoms with Crippen LogP contribution in [0.2, 0.25) is 4.34 Å². The van der Waals surface area contributed by atoms with Gasteiger partial charge in [-0.3, -0.25) is 4.99 Å². The third kappa shape index (κ3) is 5.95. The molecule has 0 amide bonds. The number of aliphatic hydroxyl groups is 1. The number of nitrogens with one attached hydrogen (secondary N) is 2. The smallest absolute Gasteiger partial charge is 0.191 e. The van der Waals surface area contributed by atoms with Gasteiger partial charge in [-0.2, -0.15) is 0 Å². The molecule has 25 heavy (non-hydrogen) atoms. The maximum Gasteiger partial charge on any atom is 0.191 e. The van der Waals surface area contributed by atoms with Gasteiger partial charge in [0.25, 0.3) is 0 Å². The monoisotopic (exact) mass is 387 g/mol. The van der Waals surface area contributed by atoms with Crippen LogP contribution in [0.25, 0.3) is 0 Å². The molecule has 0 saturated heterocycles. The first-order valence-electron chi connectivity index (χ1n) is 7.89. The quantitative estimate of drug-likeness (QED) is 0.503. The zero-order valence-corrected chi connectivity index (χ0v) is 15.3. The number of benzene rings is 1. The molecule has 0 aliphatic heterocycles. The highest BCUT2D eigenvalue weighted by atomic mass is 35.5. The van der Waals surface area contributed by atoms with E-state index in [1.807, 2.05) is 6.92 Å². The number of hydrogen-bond acceptors (Lipinski definition) is 3. The van der Waals surface area contributed by atoms with Crippen molar-refractivity contribution in [2.75, 3.05) is 19.6 Å². The summed E-state index contributed by atoms with van der Waals surface area (Å²) in [7, 11) is 0. The van der Waals surface area contributed by atoms with Crippen molar-refractivity contribution in [2.24, 2.45) is 4.99 Å². The Balaban J connectivity index is 1.91. The molecule has 3 N–H and O–H groups in total. The molecule has 8 heteroatoms. The summed E-state index contributed by atoms with van der Waals surface area (Å²) in [6.45, 7) is 2.99. The largest absolute Gasteiger partial charge is 0.386 e. The van der Waals surface area contributed by atoms with Crippen LogP contribution in [0.4, 0.5) is 8.78 Å². The lowest BCUT2D eigenvalue weighted by Crippen LogP contribution is -2.38. The fraction of sp³-hybridized carbons (Fsp3) is 0.353. The van der Waals surface area contributed by atoms with E-state index in [0.717, 1.165) is 4.88 Å². The first kappa shape index (κ1) is 19.6. The molecule has 0 aliphatic rings. The van der Waals surface area contributed by atoms with Gasteiger partial charge in [0.2, 0.25) is 0 Å². The number of guanidine groups is 1. The van der Waals surface area contributed by atoms with E-state index < -0.39 is 17.7 Å². The molecule has 0 aliphatic carbocycles. The van der Waals surface area contributed by atoms with Gasteiger partial charge in [-0.15, -0.1) is 11.3 Å². The van der Waals surface area contributed by atoms with Gasteiger partial charge < -0.3 is 15.7 Å². The maximum absolute atomic E-state index is 13.6. The van der Waals surface area contributed by atoms with Crippen molar-refractivity contribution in [3.8, 4) is 0 Å². The van der Waals surface area contributed by atoms with E-state index in [2.05, 4.69) is 15.6 Å². The van der Waals surface area contributed by atoms with Crippen LogP contribution in [0.3, 0.4) is 0 Å². The Bertz CT molecular complexity index is 703. The van der Waals surface area contributed by atoms with Crippen molar-refractivity contribution in [3.05, 3.63) is 56.7 Å². The molecule has 1 atom stereocenters. The molecule has 0 saturated carbocycles. The zero-order chi connectivity index (χ0) is 18.2. The minimum Gasteiger partial charge on any atom is -0.386 e. The van der Waals surface area contributed by atoms with E-state index in [-0.39, 0.29) is 18.5 Å². The number of halogens is 3. The maximum atomic E-state index is 13.6. The molecular weight excluding hydrogens is 368 g/mol. The van der Waals surface area contributed by atoms with Crippen molar-refractivity contribution < 1.29 is 13.9 Å². The third-order valence-electron chi connectivity index (χ3n) is 3.42. The van der Waals surface area contributed by atoms with Gasteiger partial charge in [-0.25, -0.2) is 8.78 Å². The minimum atomic E-state index is -0.753. The molecule has 136 valence electrons. The normalized spacial score (nSPS) is 12.9. The van der Waals surface area contributed by atoms with E-state index in [9.17, 15) is 13.9 Å². The summed E-state index contributed by atoms with van der Waals surface area (Å²) in [6, 6.07) is 7.29. The molecule has 1 heterocycles. The van der Waals surface area contributed by atoms with Gasteiger partial charge in [-0.05, 0) is 37.6 Å². The minimum absolute atomic E-state index is 0.0408. The van der Waals surface area contributed by atoms with Gasteiger partial charge in [0.05, 0.1) is 10.9 Å². The van der Waals surface area contributed by atoms with E-state index in [1.165, 1.54) is 29.5 Å². The number of rotatable bonds is 7. The second-order valence-electron chi connectivity index (χ2n) is 5.25. The first-order valence-corrected chi connectivity index (χ1v) is 9.09. The number of aliphatic imine (C=N–C) groups is 1. The Kier molecular flexibility index (Phi) is 7.61.